The molecule has 15 heavy (non-hydrogen) atoms. The Morgan fingerprint density at radius 1 is 0.667 bits per heavy atom. The molecule has 0 aliphatic carbocycles. The molecule has 0 saturated heterocycles. The van der Waals surface area contributed by atoms with Crippen LogP contribution in [-0.4, -0.2) is 11.0 Å². The molecule has 0 bridgehead atoms. The molecule has 0 spiro atoms. The Balaban J connectivity index is -0.0000000370. The van der Waals surface area contributed by atoms with Gasteiger partial charge in [0.2, 0.25) is 0 Å². The normalized spacial score (nSPS) is 7.20. The van der Waals surface area contributed by atoms with Gasteiger partial charge in [-0.3, -0.25) is 0 Å². The predicted octanol–water partition coefficient (Wildman–Crippen LogP) is 4.45. The maximum atomic E-state index is 3.72. The second-order valence-corrected chi connectivity index (χ2v) is 3.12. The summed E-state index contributed by atoms with van der Waals surface area (Å²) in [4.78, 5) is 0. The van der Waals surface area contributed by atoms with Crippen LogP contribution in [0.4, 0.5) is 0 Å². The van der Waals surface area contributed by atoms with Gasteiger partial charge in [-0.2, -0.15) is 12.8 Å². The maximum absolute atomic E-state index is 3.72. The molecule has 0 amide bonds. The van der Waals surface area contributed by atoms with E-state index in [1.54, 1.807) is 0 Å². The fourth-order valence-electron chi connectivity index (χ4n) is 0.854. The topological polar surface area (TPSA) is 60.0 Å². The van der Waals surface area contributed by atoms with Crippen molar-refractivity contribution in [3.05, 3.63) is 13.8 Å². The van der Waals surface area contributed by atoms with E-state index in [1.807, 2.05) is 0 Å². The van der Waals surface area contributed by atoms with Crippen molar-refractivity contribution in [2.75, 3.05) is 0 Å². The minimum Gasteiger partial charge on any atom is -0.870 e. The van der Waals surface area contributed by atoms with Crippen molar-refractivity contribution in [1.82, 2.24) is 0 Å². The van der Waals surface area contributed by atoms with Crippen LogP contribution in [-0.2, 0) is 25.8 Å². The molecule has 0 atom stereocenters. The summed E-state index contributed by atoms with van der Waals surface area (Å²) in [7, 11) is 0. The molecule has 0 unspecified atom stereocenters. The third-order valence-corrected chi connectivity index (χ3v) is 1.71. The quantitative estimate of drug-likeness (QED) is 0.387. The first-order valence-corrected chi connectivity index (χ1v) is 5.41. The van der Waals surface area contributed by atoms with Gasteiger partial charge in [0.25, 0.3) is 0 Å². The molecule has 0 radical (unpaired) electrons. The van der Waals surface area contributed by atoms with Crippen molar-refractivity contribution in [2.24, 2.45) is 0 Å². The van der Waals surface area contributed by atoms with Crippen molar-refractivity contribution < 1.29 is 36.8 Å². The molecular formula is C12H28HfO2. The summed E-state index contributed by atoms with van der Waals surface area (Å²) >= 11 is 0. The zero-order valence-corrected chi connectivity index (χ0v) is 14.1. The van der Waals surface area contributed by atoms with Gasteiger partial charge in [-0.1, -0.05) is 52.4 Å². The summed E-state index contributed by atoms with van der Waals surface area (Å²) in [6, 6.07) is 0. The molecule has 0 aromatic rings. The summed E-state index contributed by atoms with van der Waals surface area (Å²) in [5, 5.41) is 0. The molecule has 0 rings (SSSR count). The van der Waals surface area contributed by atoms with E-state index < -0.39 is 0 Å². The Hall–Kier alpha value is 0.790. The third kappa shape index (κ3) is 52.5. The van der Waals surface area contributed by atoms with Crippen molar-refractivity contribution in [2.45, 2.75) is 65.2 Å². The number of hydrogen-bond donors (Lipinski definition) is 0. The van der Waals surface area contributed by atoms with Crippen LogP contribution in [0.5, 0.6) is 0 Å². The summed E-state index contributed by atoms with van der Waals surface area (Å²) in [6.45, 7) is 11.9. The van der Waals surface area contributed by atoms with Crippen LogP contribution in [0.2, 0.25) is 0 Å². The number of unbranched alkanes of at least 4 members (excludes halogenated alkanes) is 6. The number of hydrogen-bond acceptors (Lipinski definition) is 2. The monoisotopic (exact) mass is 384 g/mol. The Morgan fingerprint density at radius 3 is 1.00 bits per heavy atom. The largest absolute Gasteiger partial charge is 4.00 e. The molecule has 2 nitrogen and oxygen atoms in total. The predicted molar refractivity (Wildman–Crippen MR) is 62.9 cm³/mol. The molecular weight excluding hydrogens is 355 g/mol. The third-order valence-electron chi connectivity index (χ3n) is 1.71. The Morgan fingerprint density at radius 2 is 0.933 bits per heavy atom. The fraction of sp³-hybridized carbons (Fsp3) is 0.833. The van der Waals surface area contributed by atoms with Crippen LogP contribution >= 0.6 is 0 Å². The summed E-state index contributed by atoms with van der Waals surface area (Å²) in [6.07, 6.45) is 10.1. The zero-order chi connectivity index (χ0) is 9.66. The average molecular weight is 383 g/mol. The van der Waals surface area contributed by atoms with E-state index in [-0.39, 0.29) is 36.8 Å². The van der Waals surface area contributed by atoms with E-state index in [2.05, 4.69) is 27.7 Å². The fourth-order valence-corrected chi connectivity index (χ4v) is 0.854. The van der Waals surface area contributed by atoms with Gasteiger partial charge in [0, 0.05) is 0 Å². The SMILES string of the molecule is [CH2-]CCCCC.[CH2-]CCCCC.[Hf+4].[OH-].[OH-]. The van der Waals surface area contributed by atoms with Crippen LogP contribution in [0.15, 0.2) is 0 Å². The minimum absolute atomic E-state index is 0. The van der Waals surface area contributed by atoms with Crippen LogP contribution in [0.25, 0.3) is 0 Å². The number of rotatable bonds is 6. The van der Waals surface area contributed by atoms with Crippen molar-refractivity contribution in [3.63, 3.8) is 0 Å². The van der Waals surface area contributed by atoms with E-state index in [1.165, 1.54) is 38.5 Å². The Kier molecular flexibility index (Phi) is 72.0. The Bertz CT molecular complexity index is 45.6. The molecule has 0 fully saturated rings. The standard InChI is InChI=1S/2C6H13.Hf.2H2O/c2*1-3-5-6-4-2;;;/h2*1,3-6H2,2H3;;2*1H2/q2*-1;+4;;/p-2. The molecule has 2 N–H and O–H groups in total. The van der Waals surface area contributed by atoms with Crippen LogP contribution < -0.4 is 0 Å². The summed E-state index contributed by atoms with van der Waals surface area (Å²) in [5.41, 5.74) is 0. The molecule has 0 aliphatic heterocycles. The smallest absolute Gasteiger partial charge is 0.870 e. The molecule has 0 aromatic heterocycles. The van der Waals surface area contributed by atoms with Gasteiger partial charge in [0.15, 0.2) is 0 Å². The van der Waals surface area contributed by atoms with Gasteiger partial charge in [-0.05, 0) is 0 Å². The van der Waals surface area contributed by atoms with Gasteiger partial charge in [-0.15, -0.1) is 0 Å². The van der Waals surface area contributed by atoms with Crippen LogP contribution in [0.1, 0.15) is 65.2 Å². The van der Waals surface area contributed by atoms with E-state index in [9.17, 15) is 0 Å². The van der Waals surface area contributed by atoms with Gasteiger partial charge in [0.1, 0.15) is 0 Å². The van der Waals surface area contributed by atoms with Crippen molar-refractivity contribution in [1.29, 1.82) is 0 Å². The summed E-state index contributed by atoms with van der Waals surface area (Å²) < 4.78 is 0. The molecule has 0 saturated carbocycles. The molecule has 0 aliphatic rings. The van der Waals surface area contributed by atoms with Gasteiger partial charge < -0.3 is 24.8 Å². The van der Waals surface area contributed by atoms with E-state index in [4.69, 9.17) is 0 Å². The molecule has 3 heteroatoms. The Labute approximate surface area is 116 Å². The van der Waals surface area contributed by atoms with Crippen LogP contribution in [0, 0.1) is 13.8 Å². The van der Waals surface area contributed by atoms with Crippen LogP contribution in [0.3, 0.4) is 0 Å². The maximum Gasteiger partial charge on any atom is 4.00 e. The molecule has 92 valence electrons. The zero-order valence-electron chi connectivity index (χ0n) is 10.5. The summed E-state index contributed by atoms with van der Waals surface area (Å²) in [5.74, 6) is 0. The second-order valence-electron chi connectivity index (χ2n) is 3.12. The van der Waals surface area contributed by atoms with Gasteiger partial charge >= 0.3 is 25.8 Å². The van der Waals surface area contributed by atoms with Crippen molar-refractivity contribution >= 4 is 0 Å². The van der Waals surface area contributed by atoms with E-state index in [0.29, 0.717) is 0 Å². The van der Waals surface area contributed by atoms with Crippen molar-refractivity contribution in [3.8, 4) is 0 Å². The first-order valence-electron chi connectivity index (χ1n) is 5.41. The van der Waals surface area contributed by atoms with Gasteiger partial charge in [-0.25, -0.2) is 0 Å². The molecule has 0 aromatic carbocycles. The first-order chi connectivity index (χ1) is 5.83. The minimum atomic E-state index is 0. The van der Waals surface area contributed by atoms with E-state index in [0.717, 1.165) is 12.8 Å². The second kappa shape index (κ2) is 36.4. The molecule has 0 heterocycles. The first kappa shape index (κ1) is 29.7. The van der Waals surface area contributed by atoms with E-state index >= 15 is 0 Å². The van der Waals surface area contributed by atoms with Gasteiger partial charge in [0.05, 0.1) is 0 Å². The average Bonchev–Trinajstić information content (AvgIpc) is 2.12.